The third-order valence-corrected chi connectivity index (χ3v) is 4.00. The number of carbonyl (C=O) groups is 1. The summed E-state index contributed by atoms with van der Waals surface area (Å²) in [5.74, 6) is -1.26. The first-order valence-electron chi connectivity index (χ1n) is 8.47. The SMILES string of the molecule is O=C(Cc1ccc([C@H]2CNCCO2)c(F)c1)c1cnc(OCC(F)(F)F)cn1. The molecule has 1 aromatic heterocycles. The predicted octanol–water partition coefficient (Wildman–Crippen LogP) is 2.64. The Balaban J connectivity index is 1.61. The van der Waals surface area contributed by atoms with Gasteiger partial charge < -0.3 is 14.8 Å². The van der Waals surface area contributed by atoms with E-state index in [0.717, 1.165) is 12.4 Å². The third kappa shape index (κ3) is 5.46. The van der Waals surface area contributed by atoms with Gasteiger partial charge in [0.1, 0.15) is 11.5 Å². The van der Waals surface area contributed by atoms with Crippen molar-refractivity contribution in [2.24, 2.45) is 0 Å². The number of carbonyl (C=O) groups excluding carboxylic acids is 1. The van der Waals surface area contributed by atoms with E-state index in [0.29, 0.717) is 30.8 Å². The fourth-order valence-corrected chi connectivity index (χ4v) is 2.67. The van der Waals surface area contributed by atoms with Crippen LogP contribution in [0.2, 0.25) is 0 Å². The number of alkyl halides is 3. The summed E-state index contributed by atoms with van der Waals surface area (Å²) >= 11 is 0. The summed E-state index contributed by atoms with van der Waals surface area (Å²) in [6.07, 6.45) is -3.03. The van der Waals surface area contributed by atoms with Crippen molar-refractivity contribution in [2.45, 2.75) is 18.7 Å². The molecule has 1 aliphatic heterocycles. The zero-order valence-electron chi connectivity index (χ0n) is 14.6. The second-order valence-electron chi connectivity index (χ2n) is 6.16. The lowest BCUT2D eigenvalue weighted by molar-refractivity contribution is -0.154. The lowest BCUT2D eigenvalue weighted by Crippen LogP contribution is -2.33. The standard InChI is InChI=1S/C18H17F4N3O3/c19-13-5-11(1-2-12(13)16-8-23-3-4-27-16)6-15(26)14-7-25-17(9-24-14)28-10-18(20,21)22/h1-2,5,7,9,16,23H,3-4,6,8,10H2/t16-/m1/s1. The van der Waals surface area contributed by atoms with Crippen molar-refractivity contribution in [1.29, 1.82) is 0 Å². The maximum atomic E-state index is 14.4. The van der Waals surface area contributed by atoms with E-state index in [2.05, 4.69) is 20.0 Å². The lowest BCUT2D eigenvalue weighted by Gasteiger charge is -2.24. The smallest absolute Gasteiger partial charge is 0.422 e. The number of rotatable bonds is 6. The molecule has 10 heteroatoms. The van der Waals surface area contributed by atoms with Gasteiger partial charge in [-0.1, -0.05) is 12.1 Å². The first-order chi connectivity index (χ1) is 13.3. The molecule has 6 nitrogen and oxygen atoms in total. The molecular formula is C18H17F4N3O3. The maximum Gasteiger partial charge on any atom is 0.422 e. The molecule has 1 fully saturated rings. The van der Waals surface area contributed by atoms with Crippen molar-refractivity contribution in [1.82, 2.24) is 15.3 Å². The highest BCUT2D eigenvalue weighted by molar-refractivity contribution is 5.95. The maximum absolute atomic E-state index is 14.4. The summed E-state index contributed by atoms with van der Waals surface area (Å²) in [5.41, 5.74) is 0.798. The molecule has 0 aliphatic carbocycles. The highest BCUT2D eigenvalue weighted by Crippen LogP contribution is 2.23. The highest BCUT2D eigenvalue weighted by Gasteiger charge is 2.28. The van der Waals surface area contributed by atoms with Crippen LogP contribution in [0, 0.1) is 5.82 Å². The van der Waals surface area contributed by atoms with Gasteiger partial charge in [-0.05, 0) is 11.6 Å². The highest BCUT2D eigenvalue weighted by atomic mass is 19.4. The van der Waals surface area contributed by atoms with Crippen LogP contribution in [0.3, 0.4) is 0 Å². The van der Waals surface area contributed by atoms with Gasteiger partial charge in [-0.15, -0.1) is 0 Å². The number of Topliss-reactive ketones (excluding diaryl/α,β-unsaturated/α-hetero) is 1. The zero-order valence-corrected chi connectivity index (χ0v) is 14.6. The second kappa shape index (κ2) is 8.61. The Hall–Kier alpha value is -2.59. The second-order valence-corrected chi connectivity index (χ2v) is 6.16. The number of morpholine rings is 1. The lowest BCUT2D eigenvalue weighted by atomic mass is 10.0. The summed E-state index contributed by atoms with van der Waals surface area (Å²) in [5, 5.41) is 3.12. The van der Waals surface area contributed by atoms with Gasteiger partial charge >= 0.3 is 6.18 Å². The van der Waals surface area contributed by atoms with Crippen molar-refractivity contribution in [3.05, 3.63) is 53.2 Å². The summed E-state index contributed by atoms with van der Waals surface area (Å²) in [4.78, 5) is 19.7. The number of hydrogen-bond donors (Lipinski definition) is 1. The number of nitrogens with one attached hydrogen (secondary N) is 1. The molecule has 0 bridgehead atoms. The fraction of sp³-hybridized carbons (Fsp3) is 0.389. The van der Waals surface area contributed by atoms with E-state index in [1.54, 1.807) is 12.1 Å². The quantitative estimate of drug-likeness (QED) is 0.595. The van der Waals surface area contributed by atoms with Crippen LogP contribution in [-0.2, 0) is 11.2 Å². The first-order valence-corrected chi connectivity index (χ1v) is 8.47. The number of benzene rings is 1. The number of ether oxygens (including phenoxy) is 2. The van der Waals surface area contributed by atoms with Gasteiger partial charge in [0.15, 0.2) is 12.4 Å². The van der Waals surface area contributed by atoms with Crippen LogP contribution in [0.4, 0.5) is 17.6 Å². The van der Waals surface area contributed by atoms with E-state index in [1.165, 1.54) is 6.07 Å². The van der Waals surface area contributed by atoms with Crippen molar-refractivity contribution < 1.29 is 31.8 Å². The Morgan fingerprint density at radius 1 is 1.29 bits per heavy atom. The summed E-state index contributed by atoms with van der Waals surface area (Å²) in [6, 6.07) is 4.47. The van der Waals surface area contributed by atoms with Crippen LogP contribution < -0.4 is 10.1 Å². The summed E-state index contributed by atoms with van der Waals surface area (Å²) < 4.78 is 60.6. The van der Waals surface area contributed by atoms with Gasteiger partial charge in [-0.2, -0.15) is 13.2 Å². The molecule has 28 heavy (non-hydrogen) atoms. The average molecular weight is 399 g/mol. The number of ketones is 1. The molecule has 3 rings (SSSR count). The summed E-state index contributed by atoms with van der Waals surface area (Å²) in [6.45, 7) is 0.214. The van der Waals surface area contributed by atoms with E-state index in [9.17, 15) is 22.4 Å². The molecule has 2 aromatic rings. The van der Waals surface area contributed by atoms with E-state index in [-0.39, 0.29) is 24.1 Å². The van der Waals surface area contributed by atoms with E-state index >= 15 is 0 Å². The molecule has 0 unspecified atom stereocenters. The molecule has 0 amide bonds. The van der Waals surface area contributed by atoms with Gasteiger partial charge in [-0.3, -0.25) is 4.79 Å². The Morgan fingerprint density at radius 3 is 2.71 bits per heavy atom. The summed E-state index contributed by atoms with van der Waals surface area (Å²) in [7, 11) is 0. The van der Waals surface area contributed by atoms with Crippen LogP contribution in [0.5, 0.6) is 5.88 Å². The predicted molar refractivity (Wildman–Crippen MR) is 89.6 cm³/mol. The molecule has 150 valence electrons. The van der Waals surface area contributed by atoms with Crippen LogP contribution in [0.15, 0.2) is 30.6 Å². The number of hydrogen-bond acceptors (Lipinski definition) is 6. The van der Waals surface area contributed by atoms with E-state index < -0.39 is 24.4 Å². The Kier molecular flexibility index (Phi) is 6.20. The topological polar surface area (TPSA) is 73.3 Å². The fourth-order valence-electron chi connectivity index (χ4n) is 2.67. The van der Waals surface area contributed by atoms with Gasteiger partial charge in [0.05, 0.1) is 25.1 Å². The van der Waals surface area contributed by atoms with E-state index in [1.807, 2.05) is 0 Å². The Labute approximate surface area is 157 Å². The molecule has 0 saturated carbocycles. The van der Waals surface area contributed by atoms with Gasteiger partial charge in [0, 0.05) is 25.1 Å². The molecule has 1 atom stereocenters. The van der Waals surface area contributed by atoms with Crippen LogP contribution in [0.1, 0.15) is 27.7 Å². The minimum absolute atomic E-state index is 0.0522. The molecule has 1 N–H and O–H groups in total. The molecule has 2 heterocycles. The van der Waals surface area contributed by atoms with Gasteiger partial charge in [0.2, 0.25) is 5.88 Å². The monoisotopic (exact) mass is 399 g/mol. The van der Waals surface area contributed by atoms with Crippen molar-refractivity contribution in [3.63, 3.8) is 0 Å². The van der Waals surface area contributed by atoms with Crippen molar-refractivity contribution >= 4 is 5.78 Å². The van der Waals surface area contributed by atoms with E-state index in [4.69, 9.17) is 4.74 Å². The molecule has 1 aliphatic rings. The Bertz CT molecular complexity index is 822. The molecule has 1 saturated heterocycles. The molecule has 0 radical (unpaired) electrons. The number of aromatic nitrogens is 2. The largest absolute Gasteiger partial charge is 0.467 e. The Morgan fingerprint density at radius 2 is 2.11 bits per heavy atom. The first kappa shape index (κ1) is 20.2. The number of nitrogens with zero attached hydrogens (tertiary/aromatic N) is 2. The van der Waals surface area contributed by atoms with Crippen LogP contribution in [-0.4, -0.2) is 48.2 Å². The molecule has 0 spiro atoms. The van der Waals surface area contributed by atoms with Crippen LogP contribution >= 0.6 is 0 Å². The van der Waals surface area contributed by atoms with Crippen LogP contribution in [0.25, 0.3) is 0 Å². The molecule has 1 aromatic carbocycles. The minimum Gasteiger partial charge on any atom is -0.467 e. The van der Waals surface area contributed by atoms with Crippen molar-refractivity contribution in [2.75, 3.05) is 26.3 Å². The number of halogens is 4. The van der Waals surface area contributed by atoms with Crippen molar-refractivity contribution in [3.8, 4) is 5.88 Å². The molecular weight excluding hydrogens is 382 g/mol. The minimum atomic E-state index is -4.49. The normalized spacial score (nSPS) is 17.4. The third-order valence-electron chi connectivity index (χ3n) is 4.00. The zero-order chi connectivity index (χ0) is 20.1. The average Bonchev–Trinajstić information content (AvgIpc) is 2.67. The van der Waals surface area contributed by atoms with Gasteiger partial charge in [-0.25, -0.2) is 14.4 Å². The van der Waals surface area contributed by atoms with Gasteiger partial charge in [0.25, 0.3) is 0 Å².